The van der Waals surface area contributed by atoms with Crippen molar-refractivity contribution in [3.05, 3.63) is 30.6 Å². The molecule has 0 fully saturated rings. The highest BCUT2D eigenvalue weighted by atomic mass is 16.5. The van der Waals surface area contributed by atoms with E-state index in [1.54, 1.807) is 26.5 Å². The lowest BCUT2D eigenvalue weighted by molar-refractivity contribution is 0.395. The van der Waals surface area contributed by atoms with Crippen LogP contribution in [0.25, 0.3) is 0 Å². The maximum Gasteiger partial charge on any atom is 0.160 e. The van der Waals surface area contributed by atoms with Crippen LogP contribution in [-0.2, 0) is 0 Å². The number of hydrazine groups is 1. The molecule has 0 saturated heterocycles. The Hall–Kier alpha value is -2.54. The molecule has 1 heterocycles. The molecule has 0 unspecified atom stereocenters. The normalized spacial score (nSPS) is 9.84. The second kappa shape index (κ2) is 5.87. The number of ether oxygens (including phenoxy) is 2. The van der Waals surface area contributed by atoms with Crippen LogP contribution in [0.4, 0.5) is 17.3 Å². The molecule has 0 aliphatic rings. The van der Waals surface area contributed by atoms with Gasteiger partial charge in [-0.05, 0) is 12.1 Å². The van der Waals surface area contributed by atoms with Crippen molar-refractivity contribution < 1.29 is 9.47 Å². The monoisotopic (exact) mass is 261 g/mol. The van der Waals surface area contributed by atoms with Crippen LogP contribution in [0.1, 0.15) is 0 Å². The number of hydrogen-bond donors (Lipinski definition) is 3. The molecule has 0 aliphatic carbocycles. The highest BCUT2D eigenvalue weighted by Crippen LogP contribution is 2.30. The molecular formula is C12H15N5O2. The van der Waals surface area contributed by atoms with Crippen molar-refractivity contribution in [2.45, 2.75) is 0 Å². The topological polar surface area (TPSA) is 94.3 Å². The molecule has 0 saturated carbocycles. The van der Waals surface area contributed by atoms with E-state index in [4.69, 9.17) is 15.3 Å². The van der Waals surface area contributed by atoms with Crippen molar-refractivity contribution in [2.75, 3.05) is 25.0 Å². The highest BCUT2D eigenvalue weighted by molar-refractivity contribution is 5.65. The molecule has 7 nitrogen and oxygen atoms in total. The van der Waals surface area contributed by atoms with Gasteiger partial charge in [-0.1, -0.05) is 0 Å². The molecule has 0 bridgehead atoms. The zero-order valence-corrected chi connectivity index (χ0v) is 10.7. The molecule has 4 N–H and O–H groups in total. The Balaban J connectivity index is 2.26. The Labute approximate surface area is 110 Å². The minimum atomic E-state index is 0.470. The van der Waals surface area contributed by atoms with Crippen molar-refractivity contribution in [1.82, 2.24) is 9.97 Å². The Morgan fingerprint density at radius 2 is 1.89 bits per heavy atom. The van der Waals surface area contributed by atoms with Crippen LogP contribution in [0, 0.1) is 0 Å². The largest absolute Gasteiger partial charge is 0.497 e. The minimum absolute atomic E-state index is 0.470. The molecule has 2 rings (SSSR count). The third kappa shape index (κ3) is 3.02. The number of nitrogen functional groups attached to an aromatic ring is 1. The third-order valence-corrected chi connectivity index (χ3v) is 2.45. The van der Waals surface area contributed by atoms with Crippen LogP contribution in [0.15, 0.2) is 30.6 Å². The summed E-state index contributed by atoms with van der Waals surface area (Å²) in [6.07, 6.45) is 3.11. The summed E-state index contributed by atoms with van der Waals surface area (Å²) in [5.41, 5.74) is 3.19. The first-order valence-electron chi connectivity index (χ1n) is 5.54. The van der Waals surface area contributed by atoms with Crippen LogP contribution in [-0.4, -0.2) is 24.2 Å². The van der Waals surface area contributed by atoms with Gasteiger partial charge in [0.05, 0.1) is 32.3 Å². The van der Waals surface area contributed by atoms with Crippen molar-refractivity contribution in [3.8, 4) is 11.5 Å². The van der Waals surface area contributed by atoms with Gasteiger partial charge in [-0.15, -0.1) is 0 Å². The molecule has 0 atom stereocenters. The summed E-state index contributed by atoms with van der Waals surface area (Å²) in [6.45, 7) is 0. The van der Waals surface area contributed by atoms with Crippen LogP contribution in [0.5, 0.6) is 11.5 Å². The van der Waals surface area contributed by atoms with Crippen LogP contribution in [0.2, 0.25) is 0 Å². The summed E-state index contributed by atoms with van der Waals surface area (Å²) in [7, 11) is 3.19. The fourth-order valence-electron chi connectivity index (χ4n) is 1.54. The molecule has 0 amide bonds. The Kier molecular flexibility index (Phi) is 3.99. The molecule has 2 aromatic rings. The van der Waals surface area contributed by atoms with Crippen LogP contribution < -0.4 is 26.1 Å². The molecule has 1 aromatic heterocycles. The number of aromatic nitrogens is 2. The van der Waals surface area contributed by atoms with E-state index in [2.05, 4.69) is 20.7 Å². The number of rotatable bonds is 5. The smallest absolute Gasteiger partial charge is 0.160 e. The van der Waals surface area contributed by atoms with Crippen molar-refractivity contribution >= 4 is 17.3 Å². The second-order valence-corrected chi connectivity index (χ2v) is 3.63. The van der Waals surface area contributed by atoms with Gasteiger partial charge in [0, 0.05) is 6.07 Å². The van der Waals surface area contributed by atoms with Gasteiger partial charge in [0.1, 0.15) is 11.5 Å². The average molecular weight is 261 g/mol. The minimum Gasteiger partial charge on any atom is -0.497 e. The average Bonchev–Trinajstić information content (AvgIpc) is 2.48. The quantitative estimate of drug-likeness (QED) is 0.555. The first-order chi connectivity index (χ1) is 9.26. The Morgan fingerprint density at radius 1 is 1.11 bits per heavy atom. The van der Waals surface area contributed by atoms with E-state index in [9.17, 15) is 0 Å². The fraction of sp³-hybridized carbons (Fsp3) is 0.167. The number of nitrogens with one attached hydrogen (secondary N) is 2. The van der Waals surface area contributed by atoms with E-state index >= 15 is 0 Å². The fourth-order valence-corrected chi connectivity index (χ4v) is 1.54. The van der Waals surface area contributed by atoms with E-state index in [0.717, 1.165) is 5.69 Å². The number of benzene rings is 1. The summed E-state index contributed by atoms with van der Waals surface area (Å²) in [4.78, 5) is 8.22. The maximum atomic E-state index is 5.29. The molecule has 0 radical (unpaired) electrons. The van der Waals surface area contributed by atoms with E-state index in [1.807, 2.05) is 12.1 Å². The number of hydrogen-bond acceptors (Lipinski definition) is 7. The zero-order valence-electron chi connectivity index (χ0n) is 10.7. The summed E-state index contributed by atoms with van der Waals surface area (Å²) in [6, 6.07) is 5.44. The summed E-state index contributed by atoms with van der Waals surface area (Å²) >= 11 is 0. The lowest BCUT2D eigenvalue weighted by Crippen LogP contribution is -2.09. The highest BCUT2D eigenvalue weighted by Gasteiger charge is 2.06. The molecule has 0 spiro atoms. The second-order valence-electron chi connectivity index (χ2n) is 3.63. The van der Waals surface area contributed by atoms with Crippen LogP contribution >= 0.6 is 0 Å². The summed E-state index contributed by atoms with van der Waals surface area (Å²) in [5.74, 6) is 7.67. The standard InChI is InChI=1S/C12H15N5O2/c1-18-8-3-4-9(10(5-8)19-2)15-11-6-14-7-12(16-11)17-13/h3-7H,13H2,1-2H3,(H2,15,16,17). The third-order valence-electron chi connectivity index (χ3n) is 2.45. The van der Waals surface area contributed by atoms with E-state index in [-0.39, 0.29) is 0 Å². The number of methoxy groups -OCH3 is 2. The molecule has 100 valence electrons. The van der Waals surface area contributed by atoms with Gasteiger partial charge in [0.25, 0.3) is 0 Å². The van der Waals surface area contributed by atoms with E-state index in [1.165, 1.54) is 6.20 Å². The Morgan fingerprint density at radius 3 is 2.58 bits per heavy atom. The van der Waals surface area contributed by atoms with E-state index < -0.39 is 0 Å². The predicted octanol–water partition coefficient (Wildman–Crippen LogP) is 1.52. The zero-order chi connectivity index (χ0) is 13.7. The van der Waals surface area contributed by atoms with Crippen molar-refractivity contribution in [2.24, 2.45) is 5.84 Å². The van der Waals surface area contributed by atoms with Gasteiger partial charge in [0.15, 0.2) is 11.6 Å². The van der Waals surface area contributed by atoms with Gasteiger partial charge in [-0.2, -0.15) is 0 Å². The van der Waals surface area contributed by atoms with Gasteiger partial charge in [-0.3, -0.25) is 4.98 Å². The molecule has 1 aromatic carbocycles. The molecule has 7 heteroatoms. The molecular weight excluding hydrogens is 246 g/mol. The number of nitrogens with two attached hydrogens (primary N) is 1. The van der Waals surface area contributed by atoms with Crippen molar-refractivity contribution in [1.29, 1.82) is 0 Å². The Bertz CT molecular complexity index is 562. The first-order valence-corrected chi connectivity index (χ1v) is 5.54. The lowest BCUT2D eigenvalue weighted by Gasteiger charge is -2.12. The SMILES string of the molecule is COc1ccc(Nc2cncc(NN)n2)c(OC)c1. The van der Waals surface area contributed by atoms with Gasteiger partial charge in [0.2, 0.25) is 0 Å². The predicted molar refractivity (Wildman–Crippen MR) is 72.7 cm³/mol. The van der Waals surface area contributed by atoms with Gasteiger partial charge >= 0.3 is 0 Å². The first kappa shape index (κ1) is 12.9. The molecule has 0 aliphatic heterocycles. The van der Waals surface area contributed by atoms with Crippen LogP contribution in [0.3, 0.4) is 0 Å². The number of nitrogens with zero attached hydrogens (tertiary/aromatic N) is 2. The lowest BCUT2D eigenvalue weighted by atomic mass is 10.2. The van der Waals surface area contributed by atoms with Gasteiger partial charge < -0.3 is 20.2 Å². The summed E-state index contributed by atoms with van der Waals surface area (Å²) < 4.78 is 10.4. The van der Waals surface area contributed by atoms with Gasteiger partial charge in [-0.25, -0.2) is 10.8 Å². The number of anilines is 3. The van der Waals surface area contributed by atoms with E-state index in [0.29, 0.717) is 23.1 Å². The van der Waals surface area contributed by atoms with Crippen molar-refractivity contribution in [3.63, 3.8) is 0 Å². The summed E-state index contributed by atoms with van der Waals surface area (Å²) in [5, 5.41) is 3.10. The maximum absolute atomic E-state index is 5.29. The molecule has 19 heavy (non-hydrogen) atoms.